The number of nitrogens with one attached hydrogen (secondary N) is 1. The molecule has 2 rings (SSSR count). The Kier molecular flexibility index (Phi) is 7.12. The van der Waals surface area contributed by atoms with E-state index >= 15 is 0 Å². The second-order valence-corrected chi connectivity index (χ2v) is 6.86. The van der Waals surface area contributed by atoms with E-state index in [1.54, 1.807) is 43.5 Å². The summed E-state index contributed by atoms with van der Waals surface area (Å²) in [6.45, 7) is 5.18. The summed E-state index contributed by atoms with van der Waals surface area (Å²) < 4.78 is 11.0. The van der Waals surface area contributed by atoms with E-state index in [0.717, 1.165) is 5.56 Å². The number of hydrogen-bond acceptors (Lipinski definition) is 3. The summed E-state index contributed by atoms with van der Waals surface area (Å²) in [5, 5.41) is 3.68. The Labute approximate surface area is 158 Å². The highest BCUT2D eigenvalue weighted by Crippen LogP contribution is 2.27. The lowest BCUT2D eigenvalue weighted by molar-refractivity contribution is 0.0952. The van der Waals surface area contributed by atoms with Crippen molar-refractivity contribution in [3.8, 4) is 5.75 Å². The van der Waals surface area contributed by atoms with Gasteiger partial charge in [-0.25, -0.2) is 0 Å². The van der Waals surface area contributed by atoms with Crippen LogP contribution in [0.4, 0.5) is 5.69 Å². The van der Waals surface area contributed by atoms with Crippen LogP contribution in [0.15, 0.2) is 36.4 Å². The molecular formula is C19H21Cl2NO3. The predicted molar refractivity (Wildman–Crippen MR) is 102 cm³/mol. The molecule has 0 saturated carbocycles. The van der Waals surface area contributed by atoms with E-state index in [2.05, 4.69) is 19.2 Å². The fraction of sp³-hybridized carbons (Fsp3) is 0.316. The van der Waals surface area contributed by atoms with Crippen molar-refractivity contribution in [1.82, 2.24) is 0 Å². The number of methoxy groups -OCH3 is 1. The van der Waals surface area contributed by atoms with Crippen molar-refractivity contribution in [2.75, 3.05) is 19.0 Å². The van der Waals surface area contributed by atoms with Crippen molar-refractivity contribution in [3.63, 3.8) is 0 Å². The zero-order valence-corrected chi connectivity index (χ0v) is 15.9. The van der Waals surface area contributed by atoms with Crippen molar-refractivity contribution in [2.45, 2.75) is 20.5 Å². The molecular weight excluding hydrogens is 361 g/mol. The maximum Gasteiger partial charge on any atom is 0.255 e. The summed E-state index contributed by atoms with van der Waals surface area (Å²) in [5.74, 6) is 0.853. The van der Waals surface area contributed by atoms with Crippen LogP contribution in [0.5, 0.6) is 5.75 Å². The van der Waals surface area contributed by atoms with Gasteiger partial charge in [-0.3, -0.25) is 4.79 Å². The van der Waals surface area contributed by atoms with E-state index in [1.807, 2.05) is 0 Å². The molecule has 2 aromatic rings. The number of anilines is 1. The summed E-state index contributed by atoms with van der Waals surface area (Å²) in [4.78, 5) is 12.5. The third-order valence-electron chi connectivity index (χ3n) is 3.43. The molecule has 0 aliphatic rings. The van der Waals surface area contributed by atoms with Crippen LogP contribution in [0.1, 0.15) is 29.8 Å². The van der Waals surface area contributed by atoms with Crippen LogP contribution in [0.25, 0.3) is 0 Å². The van der Waals surface area contributed by atoms with E-state index in [4.69, 9.17) is 32.7 Å². The molecule has 0 aliphatic carbocycles. The number of rotatable bonds is 7. The molecule has 0 unspecified atom stereocenters. The fourth-order valence-electron chi connectivity index (χ4n) is 2.22. The highest BCUT2D eigenvalue weighted by Gasteiger charge is 2.12. The van der Waals surface area contributed by atoms with Gasteiger partial charge in [0.1, 0.15) is 5.75 Å². The van der Waals surface area contributed by atoms with Crippen LogP contribution in [0, 0.1) is 5.92 Å². The van der Waals surface area contributed by atoms with Gasteiger partial charge in [-0.05, 0) is 42.3 Å². The highest BCUT2D eigenvalue weighted by atomic mass is 35.5. The highest BCUT2D eigenvalue weighted by molar-refractivity contribution is 6.36. The molecule has 0 spiro atoms. The van der Waals surface area contributed by atoms with E-state index in [-0.39, 0.29) is 5.91 Å². The van der Waals surface area contributed by atoms with Gasteiger partial charge in [0.15, 0.2) is 0 Å². The Bertz CT molecular complexity index is 747. The van der Waals surface area contributed by atoms with E-state index < -0.39 is 0 Å². The lowest BCUT2D eigenvalue weighted by atomic mass is 10.1. The minimum absolute atomic E-state index is 0.267. The fourth-order valence-corrected chi connectivity index (χ4v) is 2.68. The van der Waals surface area contributed by atoms with Crippen LogP contribution in [0.2, 0.25) is 10.0 Å². The first-order valence-electron chi connectivity index (χ1n) is 7.91. The van der Waals surface area contributed by atoms with Crippen molar-refractivity contribution >= 4 is 34.8 Å². The molecule has 0 atom stereocenters. The number of carbonyl (C=O) groups is 1. The molecule has 134 valence electrons. The van der Waals surface area contributed by atoms with Gasteiger partial charge in [-0.2, -0.15) is 0 Å². The van der Waals surface area contributed by atoms with Gasteiger partial charge in [-0.15, -0.1) is 0 Å². The molecule has 25 heavy (non-hydrogen) atoms. The van der Waals surface area contributed by atoms with E-state index in [0.29, 0.717) is 46.2 Å². The van der Waals surface area contributed by atoms with Gasteiger partial charge < -0.3 is 14.8 Å². The Balaban J connectivity index is 2.15. The summed E-state index contributed by atoms with van der Waals surface area (Å²) in [6, 6.07) is 10.1. The maximum absolute atomic E-state index is 12.5. The van der Waals surface area contributed by atoms with Crippen LogP contribution in [-0.4, -0.2) is 19.6 Å². The molecule has 6 heteroatoms. The summed E-state index contributed by atoms with van der Waals surface area (Å²) in [5.41, 5.74) is 1.82. The standard InChI is InChI=1S/C19H21Cl2NO3/c1-12(2)10-25-11-14-8-13(4-7-18(14)24-3)19(23)22-17-6-5-15(20)9-16(17)21/h4-9,12H,10-11H2,1-3H3,(H,22,23). The Hall–Kier alpha value is -1.75. The topological polar surface area (TPSA) is 47.6 Å². The molecule has 4 nitrogen and oxygen atoms in total. The number of amides is 1. The van der Waals surface area contributed by atoms with Crippen molar-refractivity contribution in [1.29, 1.82) is 0 Å². The molecule has 2 aromatic carbocycles. The smallest absolute Gasteiger partial charge is 0.255 e. The minimum Gasteiger partial charge on any atom is -0.496 e. The van der Waals surface area contributed by atoms with Gasteiger partial charge in [0.2, 0.25) is 0 Å². The lowest BCUT2D eigenvalue weighted by Gasteiger charge is -2.13. The SMILES string of the molecule is COc1ccc(C(=O)Nc2ccc(Cl)cc2Cl)cc1COCC(C)C. The summed E-state index contributed by atoms with van der Waals surface area (Å²) in [6.07, 6.45) is 0. The van der Waals surface area contributed by atoms with Crippen molar-refractivity contribution < 1.29 is 14.3 Å². The molecule has 1 amide bonds. The number of hydrogen-bond donors (Lipinski definition) is 1. The molecule has 0 saturated heterocycles. The van der Waals surface area contributed by atoms with Gasteiger partial charge in [-0.1, -0.05) is 37.0 Å². The molecule has 0 heterocycles. The van der Waals surface area contributed by atoms with E-state index in [9.17, 15) is 4.79 Å². The number of halogens is 2. The quantitative estimate of drug-likeness (QED) is 0.695. The Morgan fingerprint density at radius 1 is 1.16 bits per heavy atom. The number of ether oxygens (including phenoxy) is 2. The molecule has 0 aliphatic heterocycles. The largest absolute Gasteiger partial charge is 0.496 e. The first-order valence-corrected chi connectivity index (χ1v) is 8.67. The Morgan fingerprint density at radius 2 is 1.92 bits per heavy atom. The minimum atomic E-state index is -0.267. The van der Waals surface area contributed by atoms with Gasteiger partial charge in [0.25, 0.3) is 5.91 Å². The van der Waals surface area contributed by atoms with Crippen molar-refractivity contribution in [3.05, 3.63) is 57.6 Å². The monoisotopic (exact) mass is 381 g/mol. The maximum atomic E-state index is 12.5. The third-order valence-corrected chi connectivity index (χ3v) is 3.98. The zero-order chi connectivity index (χ0) is 18.4. The molecule has 0 bridgehead atoms. The normalized spacial score (nSPS) is 10.8. The average molecular weight is 382 g/mol. The third kappa shape index (κ3) is 5.63. The second kappa shape index (κ2) is 9.09. The molecule has 1 N–H and O–H groups in total. The first kappa shape index (κ1) is 19.6. The van der Waals surface area contributed by atoms with Gasteiger partial charge >= 0.3 is 0 Å². The van der Waals surface area contributed by atoms with Crippen LogP contribution in [-0.2, 0) is 11.3 Å². The average Bonchev–Trinajstić information content (AvgIpc) is 2.57. The number of benzene rings is 2. The summed E-state index contributed by atoms with van der Waals surface area (Å²) >= 11 is 12.0. The van der Waals surface area contributed by atoms with E-state index in [1.165, 1.54) is 0 Å². The van der Waals surface area contributed by atoms with Crippen molar-refractivity contribution in [2.24, 2.45) is 5.92 Å². The zero-order valence-electron chi connectivity index (χ0n) is 14.4. The van der Waals surface area contributed by atoms with Gasteiger partial charge in [0, 0.05) is 22.8 Å². The second-order valence-electron chi connectivity index (χ2n) is 6.01. The van der Waals surface area contributed by atoms with Gasteiger partial charge in [0.05, 0.1) is 24.4 Å². The van der Waals surface area contributed by atoms with Crippen LogP contribution < -0.4 is 10.1 Å². The first-order chi connectivity index (χ1) is 11.9. The van der Waals surface area contributed by atoms with Crippen LogP contribution >= 0.6 is 23.2 Å². The molecule has 0 radical (unpaired) electrons. The summed E-state index contributed by atoms with van der Waals surface area (Å²) in [7, 11) is 1.59. The lowest BCUT2D eigenvalue weighted by Crippen LogP contribution is -2.13. The molecule has 0 aromatic heterocycles. The number of carbonyl (C=O) groups excluding carboxylic acids is 1. The predicted octanol–water partition coefficient (Wildman–Crippen LogP) is 5.43. The Morgan fingerprint density at radius 3 is 2.56 bits per heavy atom. The molecule has 0 fully saturated rings. The van der Waals surface area contributed by atoms with Crippen LogP contribution in [0.3, 0.4) is 0 Å².